The number of pyridine rings is 1. The van der Waals surface area contributed by atoms with E-state index in [4.69, 9.17) is 4.74 Å². The molecule has 2 aliphatic rings. The van der Waals surface area contributed by atoms with Gasteiger partial charge in [-0.25, -0.2) is 9.97 Å². The molecule has 36 heavy (non-hydrogen) atoms. The van der Waals surface area contributed by atoms with E-state index in [1.165, 1.54) is 17.2 Å². The van der Waals surface area contributed by atoms with Gasteiger partial charge >= 0.3 is 6.18 Å². The number of alkyl halides is 3. The molecule has 2 aliphatic carbocycles. The molecule has 1 saturated carbocycles. The van der Waals surface area contributed by atoms with Crippen molar-refractivity contribution in [3.63, 3.8) is 0 Å². The molecule has 0 aliphatic heterocycles. The van der Waals surface area contributed by atoms with Crippen molar-refractivity contribution in [2.45, 2.75) is 37.3 Å². The van der Waals surface area contributed by atoms with Crippen LogP contribution in [0.2, 0.25) is 0 Å². The first-order valence-electron chi connectivity index (χ1n) is 11.8. The number of anilines is 1. The summed E-state index contributed by atoms with van der Waals surface area (Å²) in [6.45, 7) is 0. The Morgan fingerprint density at radius 2 is 2.03 bits per heavy atom. The molecule has 6 rings (SSSR count). The van der Waals surface area contributed by atoms with Crippen LogP contribution in [0.5, 0.6) is 11.5 Å². The number of nitrogens with one attached hydrogen (secondary N) is 2. The number of fused-ring (bicyclic) bond motifs is 4. The van der Waals surface area contributed by atoms with Gasteiger partial charge in [0.1, 0.15) is 29.4 Å². The first kappa shape index (κ1) is 22.6. The number of hydrogen-bond acceptors (Lipinski definition) is 5. The van der Waals surface area contributed by atoms with Crippen LogP contribution >= 0.6 is 0 Å². The van der Waals surface area contributed by atoms with Crippen LogP contribution in [0.4, 0.5) is 19.0 Å². The standard InChI is InChI=1S/C27H23F3N4O2/c1-31-25-17(3-2-10-35)22(8-9-32-25)36-16-6-4-14-11-19-23(18(14)13-16)24(19)26-33-20-7-5-15(27(28,29)30)12-21(20)34-26/h4-10,12-13,19,23-24H,2-3,11H2,1H3,(H,31,32)(H,33,34). The second kappa shape index (κ2) is 8.36. The predicted molar refractivity (Wildman–Crippen MR) is 128 cm³/mol. The van der Waals surface area contributed by atoms with E-state index in [9.17, 15) is 18.0 Å². The van der Waals surface area contributed by atoms with Crippen molar-refractivity contribution in [3.05, 3.63) is 76.7 Å². The largest absolute Gasteiger partial charge is 0.457 e. The summed E-state index contributed by atoms with van der Waals surface area (Å²) in [5, 5.41) is 3.05. The van der Waals surface area contributed by atoms with E-state index >= 15 is 0 Å². The van der Waals surface area contributed by atoms with Crippen molar-refractivity contribution < 1.29 is 22.7 Å². The summed E-state index contributed by atoms with van der Waals surface area (Å²) in [6, 6.07) is 11.5. The van der Waals surface area contributed by atoms with Crippen LogP contribution in [-0.4, -0.2) is 28.3 Å². The van der Waals surface area contributed by atoms with Gasteiger partial charge < -0.3 is 19.8 Å². The molecule has 4 aromatic rings. The maximum atomic E-state index is 13.1. The lowest BCUT2D eigenvalue weighted by atomic mass is 10.0. The smallest absolute Gasteiger partial charge is 0.416 e. The molecule has 3 atom stereocenters. The number of H-pyrrole nitrogens is 1. The van der Waals surface area contributed by atoms with Crippen molar-refractivity contribution in [1.29, 1.82) is 0 Å². The Bertz CT molecular complexity index is 1480. The number of imidazole rings is 1. The summed E-state index contributed by atoms with van der Waals surface area (Å²) >= 11 is 0. The Hall–Kier alpha value is -3.88. The lowest BCUT2D eigenvalue weighted by Crippen LogP contribution is -2.04. The first-order valence-corrected chi connectivity index (χ1v) is 11.8. The summed E-state index contributed by atoms with van der Waals surface area (Å²) in [4.78, 5) is 23.0. The third-order valence-electron chi connectivity index (χ3n) is 7.23. The Balaban J connectivity index is 1.26. The van der Waals surface area contributed by atoms with E-state index in [0.29, 0.717) is 47.1 Å². The van der Waals surface area contributed by atoms with Gasteiger partial charge in [0.25, 0.3) is 0 Å². The minimum Gasteiger partial charge on any atom is -0.457 e. The fraction of sp³-hybridized carbons (Fsp3) is 0.296. The van der Waals surface area contributed by atoms with Gasteiger partial charge in [-0.1, -0.05) is 6.07 Å². The average Bonchev–Trinajstić information content (AvgIpc) is 3.20. The lowest BCUT2D eigenvalue weighted by Gasteiger charge is -2.15. The number of ether oxygens (including phenoxy) is 1. The molecular formula is C27H23F3N4O2. The number of aromatic amines is 1. The highest BCUT2D eigenvalue weighted by Crippen LogP contribution is 2.66. The number of carbonyl (C=O) groups is 1. The summed E-state index contributed by atoms with van der Waals surface area (Å²) in [7, 11) is 1.78. The number of benzene rings is 2. The number of aldehydes is 1. The Morgan fingerprint density at radius 3 is 2.81 bits per heavy atom. The van der Waals surface area contributed by atoms with Gasteiger partial charge in [-0.2, -0.15) is 13.2 Å². The molecule has 0 radical (unpaired) electrons. The molecule has 0 bridgehead atoms. The number of rotatable bonds is 7. The number of nitrogens with zero attached hydrogens (tertiary/aromatic N) is 2. The normalized spacial score (nSPS) is 20.2. The van der Waals surface area contributed by atoms with Gasteiger partial charge in [-0.15, -0.1) is 0 Å². The zero-order valence-electron chi connectivity index (χ0n) is 19.4. The van der Waals surface area contributed by atoms with Gasteiger partial charge in [-0.05, 0) is 72.2 Å². The van der Waals surface area contributed by atoms with Crippen LogP contribution < -0.4 is 10.1 Å². The molecule has 3 unspecified atom stereocenters. The molecule has 1 fully saturated rings. The van der Waals surface area contributed by atoms with Crippen molar-refractivity contribution in [1.82, 2.24) is 15.0 Å². The Morgan fingerprint density at radius 1 is 1.17 bits per heavy atom. The highest BCUT2D eigenvalue weighted by atomic mass is 19.4. The van der Waals surface area contributed by atoms with Crippen LogP contribution in [0.15, 0.2) is 48.7 Å². The van der Waals surface area contributed by atoms with Crippen molar-refractivity contribution in [2.75, 3.05) is 12.4 Å². The minimum atomic E-state index is -4.39. The van der Waals surface area contributed by atoms with Crippen LogP contribution in [0, 0.1) is 5.92 Å². The molecule has 0 amide bonds. The topological polar surface area (TPSA) is 79.9 Å². The molecule has 9 heteroatoms. The number of hydrogen-bond donors (Lipinski definition) is 2. The zero-order chi connectivity index (χ0) is 25.0. The van der Waals surface area contributed by atoms with E-state index < -0.39 is 11.7 Å². The lowest BCUT2D eigenvalue weighted by molar-refractivity contribution is -0.137. The monoisotopic (exact) mass is 492 g/mol. The molecule has 0 saturated heterocycles. The van der Waals surface area contributed by atoms with Crippen LogP contribution in [0.3, 0.4) is 0 Å². The van der Waals surface area contributed by atoms with E-state index in [-0.39, 0.29) is 11.8 Å². The molecule has 2 aromatic carbocycles. The van der Waals surface area contributed by atoms with E-state index in [2.05, 4.69) is 26.3 Å². The third kappa shape index (κ3) is 3.79. The van der Waals surface area contributed by atoms with Crippen LogP contribution in [-0.2, 0) is 23.8 Å². The minimum absolute atomic E-state index is 0.148. The van der Waals surface area contributed by atoms with E-state index in [1.807, 2.05) is 12.1 Å². The molecule has 0 spiro atoms. The van der Waals surface area contributed by atoms with Crippen molar-refractivity contribution in [3.8, 4) is 11.5 Å². The molecule has 6 nitrogen and oxygen atoms in total. The van der Waals surface area contributed by atoms with E-state index in [1.54, 1.807) is 19.3 Å². The number of carbonyl (C=O) groups excluding carboxylic acids is 1. The average molecular weight is 493 g/mol. The second-order valence-corrected chi connectivity index (χ2v) is 9.33. The molecule has 2 heterocycles. The maximum absolute atomic E-state index is 13.1. The van der Waals surface area contributed by atoms with Gasteiger partial charge in [0.15, 0.2) is 0 Å². The summed E-state index contributed by atoms with van der Waals surface area (Å²) < 4.78 is 45.6. The van der Waals surface area contributed by atoms with Gasteiger partial charge in [0.05, 0.1) is 16.6 Å². The summed E-state index contributed by atoms with van der Waals surface area (Å²) in [6.07, 6.45) is -0.0596. The fourth-order valence-electron chi connectivity index (χ4n) is 5.53. The molecule has 2 aromatic heterocycles. The highest BCUT2D eigenvalue weighted by Gasteiger charge is 2.57. The number of halogens is 3. The summed E-state index contributed by atoms with van der Waals surface area (Å²) in [5.74, 6) is 3.53. The van der Waals surface area contributed by atoms with Gasteiger partial charge in [0, 0.05) is 31.1 Å². The quantitative estimate of drug-likeness (QED) is 0.310. The SMILES string of the molecule is CNc1nccc(Oc2ccc3c(c2)C2C(C3)C2c2nc3ccc(C(F)(F)F)cc3[nH]2)c1CCC=O. The summed E-state index contributed by atoms with van der Waals surface area (Å²) in [5.41, 5.74) is 3.56. The Kier molecular flexibility index (Phi) is 5.24. The zero-order valence-corrected chi connectivity index (χ0v) is 19.4. The highest BCUT2D eigenvalue weighted by molar-refractivity contribution is 5.76. The van der Waals surface area contributed by atoms with Crippen LogP contribution in [0.1, 0.15) is 46.3 Å². The molecule has 184 valence electrons. The fourth-order valence-corrected chi connectivity index (χ4v) is 5.53. The third-order valence-corrected chi connectivity index (χ3v) is 7.23. The number of aromatic nitrogens is 3. The predicted octanol–water partition coefficient (Wildman–Crippen LogP) is 6.00. The van der Waals surface area contributed by atoms with Gasteiger partial charge in [0.2, 0.25) is 0 Å². The second-order valence-electron chi connectivity index (χ2n) is 9.33. The molecule has 2 N–H and O–H groups in total. The first-order chi connectivity index (χ1) is 17.4. The van der Waals surface area contributed by atoms with Crippen LogP contribution in [0.25, 0.3) is 11.0 Å². The van der Waals surface area contributed by atoms with E-state index in [0.717, 1.165) is 36.2 Å². The Labute approximate surface area is 204 Å². The van der Waals surface area contributed by atoms with Crippen molar-refractivity contribution in [2.24, 2.45) is 5.92 Å². The van der Waals surface area contributed by atoms with Crippen molar-refractivity contribution >= 4 is 23.1 Å². The molecular weight excluding hydrogens is 469 g/mol. The van der Waals surface area contributed by atoms with Gasteiger partial charge in [-0.3, -0.25) is 0 Å². The maximum Gasteiger partial charge on any atom is 0.416 e.